The number of hydrogen-bond donors (Lipinski definition) is 1. The standard InChI is InChI=1S/C20H18N2O5/c1-12-6-4-5-7-15(12)22-19(24)14(18(23)21-20(22)25)10-13-8-9-16(26-2)17(11-13)27-3/h4-11H,1-3H3,(H,21,23,25)/b14-10+. The van der Waals surface area contributed by atoms with Crippen LogP contribution in [0.5, 0.6) is 11.5 Å². The normalized spacial score (nSPS) is 15.7. The Labute approximate surface area is 156 Å². The van der Waals surface area contributed by atoms with Crippen molar-refractivity contribution in [3.8, 4) is 11.5 Å². The first kappa shape index (κ1) is 18.2. The Bertz CT molecular complexity index is 965. The van der Waals surface area contributed by atoms with Crippen molar-refractivity contribution in [1.29, 1.82) is 0 Å². The van der Waals surface area contributed by atoms with Crippen LogP contribution in [0.2, 0.25) is 0 Å². The lowest BCUT2D eigenvalue weighted by Gasteiger charge is -2.27. The summed E-state index contributed by atoms with van der Waals surface area (Å²) in [7, 11) is 3.01. The quantitative estimate of drug-likeness (QED) is 0.664. The minimum Gasteiger partial charge on any atom is -0.493 e. The molecule has 3 rings (SSSR count). The fourth-order valence-electron chi connectivity index (χ4n) is 2.80. The molecule has 0 aliphatic carbocycles. The minimum atomic E-state index is -0.774. The lowest BCUT2D eigenvalue weighted by atomic mass is 10.1. The molecule has 1 saturated heterocycles. The number of nitrogens with zero attached hydrogens (tertiary/aromatic N) is 1. The fourth-order valence-corrected chi connectivity index (χ4v) is 2.80. The maximum Gasteiger partial charge on any atom is 0.335 e. The van der Waals surface area contributed by atoms with Crippen LogP contribution in [0, 0.1) is 6.92 Å². The average molecular weight is 366 g/mol. The Morgan fingerprint density at radius 2 is 1.67 bits per heavy atom. The summed E-state index contributed by atoms with van der Waals surface area (Å²) in [6, 6.07) is 11.2. The largest absolute Gasteiger partial charge is 0.493 e. The molecule has 0 bridgehead atoms. The number of carbonyl (C=O) groups excluding carboxylic acids is 3. The third-order valence-corrected chi connectivity index (χ3v) is 4.18. The first-order valence-corrected chi connectivity index (χ1v) is 8.15. The van der Waals surface area contributed by atoms with E-state index in [9.17, 15) is 14.4 Å². The zero-order valence-electron chi connectivity index (χ0n) is 15.1. The van der Waals surface area contributed by atoms with Gasteiger partial charge in [-0.15, -0.1) is 0 Å². The molecule has 7 heteroatoms. The van der Waals surface area contributed by atoms with Crippen LogP contribution < -0.4 is 19.7 Å². The smallest absolute Gasteiger partial charge is 0.335 e. The van der Waals surface area contributed by atoms with Gasteiger partial charge in [0.25, 0.3) is 11.8 Å². The van der Waals surface area contributed by atoms with Crippen molar-refractivity contribution in [1.82, 2.24) is 5.32 Å². The van der Waals surface area contributed by atoms with Crippen molar-refractivity contribution in [2.24, 2.45) is 0 Å². The molecule has 1 N–H and O–H groups in total. The van der Waals surface area contributed by atoms with Crippen LogP contribution >= 0.6 is 0 Å². The average Bonchev–Trinajstić information content (AvgIpc) is 2.66. The van der Waals surface area contributed by atoms with Crippen LogP contribution in [0.4, 0.5) is 10.5 Å². The summed E-state index contributed by atoms with van der Waals surface area (Å²) in [5.41, 5.74) is 1.57. The predicted molar refractivity (Wildman–Crippen MR) is 99.7 cm³/mol. The number of urea groups is 1. The van der Waals surface area contributed by atoms with Gasteiger partial charge in [0, 0.05) is 0 Å². The van der Waals surface area contributed by atoms with Gasteiger partial charge in [-0.2, -0.15) is 0 Å². The van der Waals surface area contributed by atoms with E-state index in [2.05, 4.69) is 5.32 Å². The number of nitrogens with one attached hydrogen (secondary N) is 1. The van der Waals surface area contributed by atoms with Gasteiger partial charge in [0.1, 0.15) is 5.57 Å². The zero-order chi connectivity index (χ0) is 19.6. The lowest BCUT2D eigenvalue weighted by Crippen LogP contribution is -2.54. The third-order valence-electron chi connectivity index (χ3n) is 4.18. The summed E-state index contributed by atoms with van der Waals surface area (Å²) >= 11 is 0. The van der Waals surface area contributed by atoms with E-state index >= 15 is 0 Å². The number of para-hydroxylation sites is 1. The van der Waals surface area contributed by atoms with E-state index in [0.29, 0.717) is 22.7 Å². The van der Waals surface area contributed by atoms with Crippen LogP contribution in [0.25, 0.3) is 6.08 Å². The van der Waals surface area contributed by atoms with Crippen LogP contribution in [0.15, 0.2) is 48.0 Å². The number of hydrogen-bond acceptors (Lipinski definition) is 5. The van der Waals surface area contributed by atoms with E-state index in [1.165, 1.54) is 20.3 Å². The topological polar surface area (TPSA) is 84.9 Å². The molecule has 1 aliphatic rings. The maximum absolute atomic E-state index is 12.9. The number of benzene rings is 2. The Hall–Kier alpha value is -3.61. The molecule has 0 spiro atoms. The summed E-state index contributed by atoms with van der Waals surface area (Å²) in [5.74, 6) is -0.449. The van der Waals surface area contributed by atoms with Crippen molar-refractivity contribution in [2.45, 2.75) is 6.92 Å². The summed E-state index contributed by atoms with van der Waals surface area (Å²) in [6.07, 6.45) is 1.41. The highest BCUT2D eigenvalue weighted by molar-refractivity contribution is 6.39. The SMILES string of the molecule is COc1ccc(/C=C2\C(=O)NC(=O)N(c3ccccc3C)C2=O)cc1OC. The van der Waals surface area contributed by atoms with Gasteiger partial charge in [-0.3, -0.25) is 14.9 Å². The molecule has 2 aromatic carbocycles. The fraction of sp³-hybridized carbons (Fsp3) is 0.150. The van der Waals surface area contributed by atoms with Gasteiger partial charge >= 0.3 is 6.03 Å². The van der Waals surface area contributed by atoms with E-state index in [0.717, 1.165) is 10.5 Å². The number of methoxy groups -OCH3 is 2. The second-order valence-corrected chi connectivity index (χ2v) is 5.86. The van der Waals surface area contributed by atoms with Crippen molar-refractivity contribution < 1.29 is 23.9 Å². The Kier molecular flexibility index (Phi) is 4.94. The molecular formula is C20H18N2O5. The molecule has 2 aromatic rings. The minimum absolute atomic E-state index is 0.148. The zero-order valence-corrected chi connectivity index (χ0v) is 15.1. The second kappa shape index (κ2) is 7.33. The molecule has 27 heavy (non-hydrogen) atoms. The van der Waals surface area contributed by atoms with E-state index in [1.807, 2.05) is 0 Å². The van der Waals surface area contributed by atoms with Crippen LogP contribution in [-0.4, -0.2) is 32.1 Å². The van der Waals surface area contributed by atoms with Gasteiger partial charge in [-0.1, -0.05) is 24.3 Å². The number of imide groups is 2. The molecule has 138 valence electrons. The van der Waals surface area contributed by atoms with Gasteiger partial charge in [0.05, 0.1) is 19.9 Å². The summed E-state index contributed by atoms with van der Waals surface area (Å²) < 4.78 is 10.4. The number of rotatable bonds is 4. The first-order valence-electron chi connectivity index (χ1n) is 8.15. The van der Waals surface area contributed by atoms with Crippen LogP contribution in [0.1, 0.15) is 11.1 Å². The molecule has 1 aliphatic heterocycles. The molecule has 0 saturated carbocycles. The number of ether oxygens (including phenoxy) is 2. The van der Waals surface area contributed by atoms with E-state index in [-0.39, 0.29) is 5.57 Å². The first-order chi connectivity index (χ1) is 13.0. The molecule has 1 heterocycles. The number of anilines is 1. The van der Waals surface area contributed by atoms with Gasteiger partial charge in [0.2, 0.25) is 0 Å². The highest BCUT2D eigenvalue weighted by Gasteiger charge is 2.37. The third kappa shape index (κ3) is 3.39. The van der Waals surface area contributed by atoms with Gasteiger partial charge < -0.3 is 9.47 Å². The van der Waals surface area contributed by atoms with Crippen molar-refractivity contribution in [3.63, 3.8) is 0 Å². The lowest BCUT2D eigenvalue weighted by molar-refractivity contribution is -0.122. The summed E-state index contributed by atoms with van der Waals surface area (Å²) in [5, 5.41) is 2.21. The van der Waals surface area contributed by atoms with Crippen molar-refractivity contribution >= 4 is 29.6 Å². The molecule has 0 aromatic heterocycles. The summed E-state index contributed by atoms with van der Waals surface area (Å²) in [6.45, 7) is 1.78. The molecule has 7 nitrogen and oxygen atoms in total. The number of barbiturate groups is 1. The van der Waals surface area contributed by atoms with Crippen LogP contribution in [-0.2, 0) is 9.59 Å². The number of carbonyl (C=O) groups is 3. The Morgan fingerprint density at radius 3 is 2.33 bits per heavy atom. The molecule has 0 atom stereocenters. The maximum atomic E-state index is 12.9. The van der Waals surface area contributed by atoms with E-state index in [1.54, 1.807) is 49.4 Å². The van der Waals surface area contributed by atoms with Crippen LogP contribution in [0.3, 0.4) is 0 Å². The van der Waals surface area contributed by atoms with Gasteiger partial charge in [0.15, 0.2) is 11.5 Å². The molecule has 0 radical (unpaired) electrons. The highest BCUT2D eigenvalue weighted by atomic mass is 16.5. The predicted octanol–water partition coefficient (Wildman–Crippen LogP) is 2.68. The molecular weight excluding hydrogens is 348 g/mol. The van der Waals surface area contributed by atoms with Crippen molar-refractivity contribution in [2.75, 3.05) is 19.1 Å². The highest BCUT2D eigenvalue weighted by Crippen LogP contribution is 2.29. The van der Waals surface area contributed by atoms with Crippen molar-refractivity contribution in [3.05, 3.63) is 59.2 Å². The molecule has 0 unspecified atom stereocenters. The van der Waals surface area contributed by atoms with Gasteiger partial charge in [-0.25, -0.2) is 9.69 Å². The molecule has 4 amide bonds. The van der Waals surface area contributed by atoms with Gasteiger partial charge in [-0.05, 0) is 42.3 Å². The number of aryl methyl sites for hydroxylation is 1. The Morgan fingerprint density at radius 1 is 0.963 bits per heavy atom. The molecule has 1 fully saturated rings. The second-order valence-electron chi connectivity index (χ2n) is 5.86. The monoisotopic (exact) mass is 366 g/mol. The Balaban J connectivity index is 2.03. The van der Waals surface area contributed by atoms with E-state index < -0.39 is 17.8 Å². The number of amides is 4. The van der Waals surface area contributed by atoms with E-state index in [4.69, 9.17) is 9.47 Å². The summed E-state index contributed by atoms with van der Waals surface area (Å²) in [4.78, 5) is 38.4.